The number of rotatable bonds is 4. The van der Waals surface area contributed by atoms with E-state index in [0.29, 0.717) is 0 Å². The molecule has 5 heteroatoms. The van der Waals surface area contributed by atoms with Crippen molar-refractivity contribution in [1.82, 2.24) is 5.32 Å². The lowest BCUT2D eigenvalue weighted by Gasteiger charge is -2.31. The van der Waals surface area contributed by atoms with Gasteiger partial charge in [0.25, 0.3) is 5.91 Å². The molecule has 0 aliphatic heterocycles. The molecule has 0 radical (unpaired) electrons. The summed E-state index contributed by atoms with van der Waals surface area (Å²) in [6, 6.07) is 3.87. The second-order valence-electron chi connectivity index (χ2n) is 5.61. The van der Waals surface area contributed by atoms with Crippen molar-refractivity contribution in [3.63, 3.8) is 0 Å². The zero-order chi connectivity index (χ0) is 14.6. The lowest BCUT2D eigenvalue weighted by Crippen LogP contribution is -2.44. The van der Waals surface area contributed by atoms with Gasteiger partial charge in [0.1, 0.15) is 11.5 Å². The van der Waals surface area contributed by atoms with Gasteiger partial charge >= 0.3 is 0 Å². The third-order valence-electron chi connectivity index (χ3n) is 2.91. The van der Waals surface area contributed by atoms with Gasteiger partial charge in [-0.15, -0.1) is 0 Å². The van der Waals surface area contributed by atoms with Gasteiger partial charge in [-0.1, -0.05) is 36.7 Å². The molecule has 1 atom stereocenters. The first-order valence-electron chi connectivity index (χ1n) is 6.14. The summed E-state index contributed by atoms with van der Waals surface area (Å²) in [5.41, 5.74) is 0.184. The maximum absolute atomic E-state index is 12.1. The van der Waals surface area contributed by atoms with Crippen LogP contribution in [0.25, 0.3) is 0 Å². The summed E-state index contributed by atoms with van der Waals surface area (Å²) in [5.74, 6) is -0.553. The van der Waals surface area contributed by atoms with Crippen molar-refractivity contribution in [3.05, 3.63) is 23.8 Å². The Morgan fingerprint density at radius 1 is 1.26 bits per heavy atom. The summed E-state index contributed by atoms with van der Waals surface area (Å²) in [4.78, 5) is 12.1. The number of carbonyl (C=O) groups is 1. The molecular weight excluding hydrogens is 310 g/mol. The molecule has 3 N–H and O–H groups in total. The zero-order valence-corrected chi connectivity index (χ0v) is 13.0. The Labute approximate surface area is 122 Å². The smallest absolute Gasteiger partial charge is 0.251 e. The molecule has 1 unspecified atom stereocenters. The van der Waals surface area contributed by atoms with Gasteiger partial charge in [0.15, 0.2) is 0 Å². The van der Waals surface area contributed by atoms with E-state index in [1.165, 1.54) is 18.2 Å². The minimum atomic E-state index is -0.299. The van der Waals surface area contributed by atoms with Crippen LogP contribution in [-0.2, 0) is 0 Å². The van der Waals surface area contributed by atoms with Crippen molar-refractivity contribution >= 4 is 21.8 Å². The number of hydrogen-bond donors (Lipinski definition) is 3. The molecule has 0 spiro atoms. The highest BCUT2D eigenvalue weighted by Crippen LogP contribution is 2.24. The molecule has 0 heterocycles. The maximum Gasteiger partial charge on any atom is 0.251 e. The van der Waals surface area contributed by atoms with E-state index in [4.69, 9.17) is 0 Å². The molecule has 4 nitrogen and oxygen atoms in total. The first-order chi connectivity index (χ1) is 8.74. The maximum atomic E-state index is 12.1. The van der Waals surface area contributed by atoms with Crippen LogP contribution in [0, 0.1) is 5.41 Å². The molecule has 1 aromatic rings. The molecule has 0 fully saturated rings. The van der Waals surface area contributed by atoms with Gasteiger partial charge in [-0.05, 0) is 24.0 Å². The first-order valence-corrected chi connectivity index (χ1v) is 7.26. The fourth-order valence-electron chi connectivity index (χ4n) is 1.80. The summed E-state index contributed by atoms with van der Waals surface area (Å²) >= 11 is 3.38. The van der Waals surface area contributed by atoms with Gasteiger partial charge in [-0.3, -0.25) is 4.79 Å². The minimum absolute atomic E-state index is 0.00358. The Morgan fingerprint density at radius 2 is 1.79 bits per heavy atom. The number of halogens is 1. The van der Waals surface area contributed by atoms with Gasteiger partial charge in [0.2, 0.25) is 0 Å². The van der Waals surface area contributed by atoms with Crippen LogP contribution in [0.1, 0.15) is 37.6 Å². The normalized spacial score (nSPS) is 13.1. The van der Waals surface area contributed by atoms with Crippen molar-refractivity contribution in [2.75, 3.05) is 5.33 Å². The molecular formula is C14H20BrNO3. The molecule has 19 heavy (non-hydrogen) atoms. The van der Waals surface area contributed by atoms with Crippen LogP contribution < -0.4 is 5.32 Å². The van der Waals surface area contributed by atoms with Gasteiger partial charge in [-0.25, -0.2) is 0 Å². The van der Waals surface area contributed by atoms with E-state index in [-0.39, 0.29) is 34.4 Å². The number of phenolic OH excluding ortho intramolecular Hbond substituents is 2. The SMILES string of the molecule is CC(C)(C)C(CCBr)NC(=O)c1cc(O)cc(O)c1. The number of nitrogens with one attached hydrogen (secondary N) is 1. The van der Waals surface area contributed by atoms with E-state index in [1.54, 1.807) is 0 Å². The topological polar surface area (TPSA) is 69.6 Å². The number of amides is 1. The van der Waals surface area contributed by atoms with E-state index in [2.05, 4.69) is 42.0 Å². The fraction of sp³-hybridized carbons (Fsp3) is 0.500. The molecule has 106 valence electrons. The van der Waals surface area contributed by atoms with Crippen LogP contribution in [0.15, 0.2) is 18.2 Å². The molecule has 0 aliphatic rings. The summed E-state index contributed by atoms with van der Waals surface area (Å²) in [6.45, 7) is 6.17. The Kier molecular flexibility index (Phi) is 5.23. The number of alkyl halides is 1. The molecule has 0 saturated heterocycles. The second-order valence-corrected chi connectivity index (χ2v) is 6.40. The average Bonchev–Trinajstić information content (AvgIpc) is 2.25. The van der Waals surface area contributed by atoms with E-state index >= 15 is 0 Å². The van der Waals surface area contributed by atoms with Gasteiger partial charge in [0, 0.05) is 23.0 Å². The molecule has 0 bridgehead atoms. The molecule has 1 aromatic carbocycles. The van der Waals surface area contributed by atoms with E-state index < -0.39 is 0 Å². The van der Waals surface area contributed by atoms with E-state index in [9.17, 15) is 15.0 Å². The number of hydrogen-bond acceptors (Lipinski definition) is 3. The molecule has 0 aromatic heterocycles. The van der Waals surface area contributed by atoms with Crippen molar-refractivity contribution < 1.29 is 15.0 Å². The Morgan fingerprint density at radius 3 is 2.21 bits per heavy atom. The van der Waals surface area contributed by atoms with Gasteiger partial charge in [0.05, 0.1) is 0 Å². The van der Waals surface area contributed by atoms with Crippen LogP contribution in [0.4, 0.5) is 0 Å². The lowest BCUT2D eigenvalue weighted by atomic mass is 9.85. The predicted octanol–water partition coefficient (Wildman–Crippen LogP) is 3.03. The standard InChI is InChI=1S/C14H20BrNO3/c1-14(2,3)12(4-5-15)16-13(19)9-6-10(17)8-11(18)7-9/h6-8,12,17-18H,4-5H2,1-3H3,(H,16,19). The highest BCUT2D eigenvalue weighted by Gasteiger charge is 2.26. The number of aromatic hydroxyl groups is 2. The Hall–Kier alpha value is -1.23. The van der Waals surface area contributed by atoms with Gasteiger partial charge < -0.3 is 15.5 Å². The summed E-state index contributed by atoms with van der Waals surface area (Å²) in [6.07, 6.45) is 0.806. The largest absolute Gasteiger partial charge is 0.508 e. The number of phenols is 2. The van der Waals surface area contributed by atoms with Crippen LogP contribution in [0.3, 0.4) is 0 Å². The van der Waals surface area contributed by atoms with Crippen molar-refractivity contribution in [2.24, 2.45) is 5.41 Å². The van der Waals surface area contributed by atoms with Crippen molar-refractivity contribution in [3.8, 4) is 11.5 Å². The van der Waals surface area contributed by atoms with Crippen LogP contribution in [0.5, 0.6) is 11.5 Å². The van der Waals surface area contributed by atoms with Crippen LogP contribution >= 0.6 is 15.9 Å². The van der Waals surface area contributed by atoms with E-state index in [1.807, 2.05) is 0 Å². The third-order valence-corrected chi connectivity index (χ3v) is 3.37. The third kappa shape index (κ3) is 4.74. The molecule has 1 rings (SSSR count). The number of benzene rings is 1. The minimum Gasteiger partial charge on any atom is -0.508 e. The monoisotopic (exact) mass is 329 g/mol. The second kappa shape index (κ2) is 6.28. The Balaban J connectivity index is 2.87. The van der Waals surface area contributed by atoms with Gasteiger partial charge in [-0.2, -0.15) is 0 Å². The molecule has 0 aliphatic carbocycles. The van der Waals surface area contributed by atoms with E-state index in [0.717, 1.165) is 11.8 Å². The van der Waals surface area contributed by atoms with Crippen molar-refractivity contribution in [2.45, 2.75) is 33.2 Å². The Bertz CT molecular complexity index is 434. The first kappa shape index (κ1) is 15.8. The lowest BCUT2D eigenvalue weighted by molar-refractivity contribution is 0.0900. The summed E-state index contributed by atoms with van der Waals surface area (Å²) < 4.78 is 0. The fourth-order valence-corrected chi connectivity index (χ4v) is 2.26. The highest BCUT2D eigenvalue weighted by atomic mass is 79.9. The number of carbonyl (C=O) groups excluding carboxylic acids is 1. The molecule has 0 saturated carbocycles. The predicted molar refractivity (Wildman–Crippen MR) is 78.9 cm³/mol. The summed E-state index contributed by atoms with van der Waals surface area (Å²) in [5, 5.41) is 22.5. The molecule has 1 amide bonds. The van der Waals surface area contributed by atoms with Crippen LogP contribution in [-0.4, -0.2) is 27.5 Å². The van der Waals surface area contributed by atoms with Crippen molar-refractivity contribution in [1.29, 1.82) is 0 Å². The summed E-state index contributed by atoms with van der Waals surface area (Å²) in [7, 11) is 0. The van der Waals surface area contributed by atoms with Crippen LogP contribution in [0.2, 0.25) is 0 Å². The zero-order valence-electron chi connectivity index (χ0n) is 11.4. The quantitative estimate of drug-likeness (QED) is 0.743. The average molecular weight is 330 g/mol. The highest BCUT2D eigenvalue weighted by molar-refractivity contribution is 9.09.